The number of rotatable bonds is 5. The number of hydrogen-bond donors (Lipinski definition) is 1. The molecule has 3 saturated heterocycles. The van der Waals surface area contributed by atoms with Gasteiger partial charge in [-0.3, -0.25) is 9.80 Å². The lowest BCUT2D eigenvalue weighted by atomic mass is 9.72. The smallest absolute Gasteiger partial charge is 0.129 e. The summed E-state index contributed by atoms with van der Waals surface area (Å²) in [5.74, 6) is 0.655. The molecule has 3 nitrogen and oxygen atoms in total. The van der Waals surface area contributed by atoms with Gasteiger partial charge in [-0.25, -0.2) is 4.39 Å². The highest BCUT2D eigenvalue weighted by molar-refractivity contribution is 5.05. The maximum absolute atomic E-state index is 15.7. The average molecular weight is 396 g/mol. The summed E-state index contributed by atoms with van der Waals surface area (Å²) < 4.78 is 15.7. The molecule has 164 valence electrons. The number of nitrogens with zero attached hydrogens (tertiary/aromatic N) is 2. The third-order valence-corrected chi connectivity index (χ3v) is 7.70. The molecule has 0 aliphatic carbocycles. The van der Waals surface area contributed by atoms with E-state index in [4.69, 9.17) is 0 Å². The maximum atomic E-state index is 15.7. The number of halogens is 1. The molecule has 0 bridgehead atoms. The molecule has 3 aliphatic heterocycles. The van der Waals surface area contributed by atoms with Crippen molar-refractivity contribution < 1.29 is 4.39 Å². The molecule has 3 aliphatic rings. The Morgan fingerprint density at radius 3 is 2.25 bits per heavy atom. The molecule has 4 unspecified atom stereocenters. The molecule has 28 heavy (non-hydrogen) atoms. The van der Waals surface area contributed by atoms with Gasteiger partial charge in [-0.05, 0) is 48.5 Å². The summed E-state index contributed by atoms with van der Waals surface area (Å²) in [7, 11) is 0. The SMILES string of the molecule is CC(C)(C)CN1CC(CC(C)(C)C2CCCN2)C1N1CCC(F)(C(C)(C)C)C1. The zero-order valence-corrected chi connectivity index (χ0v) is 19.9. The van der Waals surface area contributed by atoms with Crippen molar-refractivity contribution >= 4 is 0 Å². The predicted octanol–water partition coefficient (Wildman–Crippen LogP) is 4.92. The van der Waals surface area contributed by atoms with Gasteiger partial charge in [-0.2, -0.15) is 0 Å². The van der Waals surface area contributed by atoms with E-state index in [-0.39, 0.29) is 10.8 Å². The van der Waals surface area contributed by atoms with Crippen LogP contribution in [0.2, 0.25) is 0 Å². The molecular weight excluding hydrogens is 349 g/mol. The Morgan fingerprint density at radius 1 is 1.07 bits per heavy atom. The minimum Gasteiger partial charge on any atom is -0.313 e. The monoisotopic (exact) mass is 395 g/mol. The standard InChI is InChI=1S/C24H46FN3/c1-21(2,3)16-28-15-18(14-23(7,8)19-10-9-12-26-19)20(28)27-13-11-24(25,17-27)22(4,5)6/h18-20,26H,9-17H2,1-8H3. The summed E-state index contributed by atoms with van der Waals surface area (Å²) in [5, 5.41) is 3.73. The van der Waals surface area contributed by atoms with Crippen molar-refractivity contribution in [1.82, 2.24) is 15.1 Å². The van der Waals surface area contributed by atoms with Crippen LogP contribution in [0.5, 0.6) is 0 Å². The number of hydrogen-bond acceptors (Lipinski definition) is 3. The fourth-order valence-electron chi connectivity index (χ4n) is 5.94. The lowest BCUT2D eigenvalue weighted by Gasteiger charge is -2.56. The summed E-state index contributed by atoms with van der Waals surface area (Å²) in [6, 6.07) is 0.637. The molecule has 0 aromatic carbocycles. The topological polar surface area (TPSA) is 18.5 Å². The Hall–Kier alpha value is -0.190. The second kappa shape index (κ2) is 7.50. The Kier molecular flexibility index (Phi) is 6.02. The summed E-state index contributed by atoms with van der Waals surface area (Å²) in [5.41, 5.74) is -0.766. The Balaban J connectivity index is 1.72. The van der Waals surface area contributed by atoms with Crippen LogP contribution in [0.25, 0.3) is 0 Å². The fraction of sp³-hybridized carbons (Fsp3) is 1.00. The van der Waals surface area contributed by atoms with Crippen molar-refractivity contribution in [2.24, 2.45) is 22.2 Å². The summed E-state index contributed by atoms with van der Waals surface area (Å²) in [4.78, 5) is 5.13. The Bertz CT molecular complexity index is 541. The molecule has 1 N–H and O–H groups in total. The van der Waals surface area contributed by atoms with Gasteiger partial charge in [-0.1, -0.05) is 55.4 Å². The van der Waals surface area contributed by atoms with Gasteiger partial charge >= 0.3 is 0 Å². The molecule has 4 atom stereocenters. The van der Waals surface area contributed by atoms with E-state index in [2.05, 4.69) is 70.5 Å². The zero-order valence-electron chi connectivity index (χ0n) is 19.9. The van der Waals surface area contributed by atoms with E-state index in [9.17, 15) is 0 Å². The highest BCUT2D eigenvalue weighted by Gasteiger charge is 2.54. The zero-order chi connectivity index (χ0) is 21.0. The molecule has 3 heterocycles. The van der Waals surface area contributed by atoms with Crippen molar-refractivity contribution in [3.63, 3.8) is 0 Å². The minimum absolute atomic E-state index is 0.280. The second-order valence-corrected chi connectivity index (χ2v) is 12.9. The summed E-state index contributed by atoms with van der Waals surface area (Å²) >= 11 is 0. The van der Waals surface area contributed by atoms with Gasteiger partial charge in [0.1, 0.15) is 5.67 Å². The highest BCUT2D eigenvalue weighted by atomic mass is 19.1. The normalized spacial score (nSPS) is 36.1. The first-order valence-electron chi connectivity index (χ1n) is 11.6. The van der Waals surface area contributed by atoms with Crippen LogP contribution in [-0.4, -0.2) is 60.4 Å². The predicted molar refractivity (Wildman–Crippen MR) is 117 cm³/mol. The van der Waals surface area contributed by atoms with Gasteiger partial charge in [0.25, 0.3) is 0 Å². The lowest BCUT2D eigenvalue weighted by molar-refractivity contribution is -0.117. The molecule has 0 saturated carbocycles. The van der Waals surface area contributed by atoms with E-state index in [1.807, 2.05) is 0 Å². The number of likely N-dealkylation sites (tertiary alicyclic amines) is 2. The average Bonchev–Trinajstić information content (AvgIpc) is 3.15. The Labute approximate surface area is 173 Å². The van der Waals surface area contributed by atoms with Crippen LogP contribution in [0, 0.1) is 22.2 Å². The third-order valence-electron chi connectivity index (χ3n) is 7.70. The van der Waals surface area contributed by atoms with Gasteiger partial charge in [0.15, 0.2) is 0 Å². The van der Waals surface area contributed by atoms with Gasteiger partial charge in [-0.15, -0.1) is 0 Å². The molecule has 0 amide bonds. The second-order valence-electron chi connectivity index (χ2n) is 12.9. The minimum atomic E-state index is -1.07. The largest absolute Gasteiger partial charge is 0.313 e. The van der Waals surface area contributed by atoms with E-state index in [1.165, 1.54) is 32.4 Å². The van der Waals surface area contributed by atoms with E-state index in [0.717, 1.165) is 13.1 Å². The molecule has 0 radical (unpaired) electrons. The van der Waals surface area contributed by atoms with Gasteiger partial charge in [0.05, 0.1) is 6.17 Å². The van der Waals surface area contributed by atoms with Crippen molar-refractivity contribution in [1.29, 1.82) is 0 Å². The van der Waals surface area contributed by atoms with Gasteiger partial charge in [0.2, 0.25) is 0 Å². The van der Waals surface area contributed by atoms with Crippen molar-refractivity contribution in [2.75, 3.05) is 32.7 Å². The van der Waals surface area contributed by atoms with Crippen molar-refractivity contribution in [3.8, 4) is 0 Å². The Morgan fingerprint density at radius 2 is 1.75 bits per heavy atom. The van der Waals surface area contributed by atoms with Crippen LogP contribution < -0.4 is 5.32 Å². The van der Waals surface area contributed by atoms with E-state index >= 15 is 4.39 Å². The first kappa shape index (κ1) is 22.5. The molecule has 0 spiro atoms. The van der Waals surface area contributed by atoms with Gasteiger partial charge < -0.3 is 5.32 Å². The van der Waals surface area contributed by atoms with Crippen molar-refractivity contribution in [3.05, 3.63) is 0 Å². The van der Waals surface area contributed by atoms with Crippen LogP contribution in [0.15, 0.2) is 0 Å². The van der Waals surface area contributed by atoms with E-state index in [0.29, 0.717) is 36.5 Å². The molecule has 3 fully saturated rings. The van der Waals surface area contributed by atoms with Crippen molar-refractivity contribution in [2.45, 2.75) is 98.9 Å². The molecular formula is C24H46FN3. The van der Waals surface area contributed by atoms with E-state index < -0.39 is 5.67 Å². The maximum Gasteiger partial charge on any atom is 0.129 e. The quantitative estimate of drug-likeness (QED) is 0.713. The van der Waals surface area contributed by atoms with Crippen LogP contribution in [0.3, 0.4) is 0 Å². The van der Waals surface area contributed by atoms with E-state index in [1.54, 1.807) is 0 Å². The third kappa shape index (κ3) is 4.59. The number of alkyl halides is 1. The molecule has 0 aromatic heterocycles. The first-order valence-corrected chi connectivity index (χ1v) is 11.6. The molecule has 4 heteroatoms. The molecule has 3 rings (SSSR count). The van der Waals surface area contributed by atoms with Crippen LogP contribution >= 0.6 is 0 Å². The summed E-state index contributed by atoms with van der Waals surface area (Å²) in [6.45, 7) is 23.0. The number of nitrogens with one attached hydrogen (secondary N) is 1. The molecule has 0 aromatic rings. The summed E-state index contributed by atoms with van der Waals surface area (Å²) in [6.07, 6.45) is 4.94. The lowest BCUT2D eigenvalue weighted by Crippen LogP contribution is -2.66. The van der Waals surface area contributed by atoms with Crippen LogP contribution in [0.1, 0.15) is 81.1 Å². The van der Waals surface area contributed by atoms with Gasteiger partial charge in [0, 0.05) is 38.1 Å². The van der Waals surface area contributed by atoms with Crippen LogP contribution in [0.4, 0.5) is 4.39 Å². The fourth-order valence-corrected chi connectivity index (χ4v) is 5.94. The van der Waals surface area contributed by atoms with Crippen LogP contribution in [-0.2, 0) is 0 Å². The first-order chi connectivity index (χ1) is 12.7. The highest BCUT2D eigenvalue weighted by Crippen LogP contribution is 2.47.